The van der Waals surface area contributed by atoms with Crippen LogP contribution in [-0.2, 0) is 4.74 Å². The molecule has 0 spiro atoms. The van der Waals surface area contributed by atoms with E-state index < -0.39 is 5.60 Å². The van der Waals surface area contributed by atoms with E-state index in [-0.39, 0.29) is 6.10 Å². The second-order valence-electron chi connectivity index (χ2n) is 5.04. The summed E-state index contributed by atoms with van der Waals surface area (Å²) in [5, 5.41) is 13.7. The van der Waals surface area contributed by atoms with Gasteiger partial charge in [0.05, 0.1) is 11.7 Å². The van der Waals surface area contributed by atoms with E-state index in [0.717, 1.165) is 26.0 Å². The van der Waals surface area contributed by atoms with Crippen LogP contribution in [0.2, 0.25) is 0 Å². The van der Waals surface area contributed by atoms with Crippen LogP contribution >= 0.6 is 0 Å². The highest BCUT2D eigenvalue weighted by atomic mass is 16.5. The van der Waals surface area contributed by atoms with Gasteiger partial charge in [-0.3, -0.25) is 0 Å². The molecule has 0 saturated heterocycles. The Morgan fingerprint density at radius 2 is 1.88 bits per heavy atom. The van der Waals surface area contributed by atoms with Gasteiger partial charge in [0.25, 0.3) is 0 Å². The molecule has 1 rings (SSSR count). The minimum atomic E-state index is -0.470. The lowest BCUT2D eigenvalue weighted by atomic mass is 9.94. The van der Waals surface area contributed by atoms with Gasteiger partial charge < -0.3 is 15.2 Å². The van der Waals surface area contributed by atoms with Crippen molar-refractivity contribution in [3.05, 3.63) is 0 Å². The maximum Gasteiger partial charge on any atom is 0.0771 e. The lowest BCUT2D eigenvalue weighted by Gasteiger charge is -2.27. The van der Waals surface area contributed by atoms with Crippen LogP contribution in [0, 0.1) is 0 Å². The van der Waals surface area contributed by atoms with Crippen molar-refractivity contribution in [2.24, 2.45) is 0 Å². The van der Waals surface area contributed by atoms with Crippen molar-refractivity contribution in [2.75, 3.05) is 19.7 Å². The predicted octanol–water partition coefficient (Wildman–Crippen LogP) is 2.09. The molecule has 1 saturated carbocycles. The van der Waals surface area contributed by atoms with Gasteiger partial charge in [-0.15, -0.1) is 0 Å². The lowest BCUT2D eigenvalue weighted by molar-refractivity contribution is 0.0184. The summed E-state index contributed by atoms with van der Waals surface area (Å²) < 4.78 is 5.44. The molecule has 1 atom stereocenters. The first kappa shape index (κ1) is 13.9. The van der Waals surface area contributed by atoms with E-state index in [2.05, 4.69) is 12.2 Å². The van der Waals surface area contributed by atoms with Gasteiger partial charge in [-0.05, 0) is 26.7 Å². The number of aliphatic hydroxyl groups is 1. The molecule has 0 heterocycles. The largest absolute Gasteiger partial charge is 0.389 e. The van der Waals surface area contributed by atoms with Gasteiger partial charge in [0, 0.05) is 19.7 Å². The third-order valence-electron chi connectivity index (χ3n) is 3.37. The Morgan fingerprint density at radius 1 is 1.25 bits per heavy atom. The molecular weight excluding hydrogens is 202 g/mol. The maximum absolute atomic E-state index is 10.4. The van der Waals surface area contributed by atoms with Gasteiger partial charge in [0.1, 0.15) is 0 Å². The Bertz CT molecular complexity index is 177. The second kappa shape index (κ2) is 7.25. The normalized spacial score (nSPS) is 22.7. The van der Waals surface area contributed by atoms with Crippen LogP contribution in [0.25, 0.3) is 0 Å². The Morgan fingerprint density at radius 3 is 2.44 bits per heavy atom. The Hall–Kier alpha value is -0.120. The molecule has 0 aromatic carbocycles. The fourth-order valence-corrected chi connectivity index (χ4v) is 2.41. The van der Waals surface area contributed by atoms with Crippen LogP contribution in [-0.4, -0.2) is 36.5 Å². The predicted molar refractivity (Wildman–Crippen MR) is 66.6 cm³/mol. The number of nitrogens with one attached hydrogen (secondary N) is 1. The van der Waals surface area contributed by atoms with Crippen molar-refractivity contribution in [1.29, 1.82) is 0 Å². The maximum atomic E-state index is 10.4. The van der Waals surface area contributed by atoms with E-state index in [9.17, 15) is 5.11 Å². The summed E-state index contributed by atoms with van der Waals surface area (Å²) in [6.07, 6.45) is 7.01. The summed E-state index contributed by atoms with van der Waals surface area (Å²) in [4.78, 5) is 0. The molecule has 1 unspecified atom stereocenters. The zero-order chi connectivity index (χ0) is 11.9. The van der Waals surface area contributed by atoms with Crippen molar-refractivity contribution in [3.8, 4) is 0 Å². The van der Waals surface area contributed by atoms with Crippen LogP contribution in [0.1, 0.15) is 52.4 Å². The number of hydrogen-bond donors (Lipinski definition) is 2. The highest BCUT2D eigenvalue weighted by Gasteiger charge is 2.27. The summed E-state index contributed by atoms with van der Waals surface area (Å²) in [7, 11) is 0. The quantitative estimate of drug-likeness (QED) is 0.685. The third-order valence-corrected chi connectivity index (χ3v) is 3.37. The molecule has 3 nitrogen and oxygen atoms in total. The molecule has 16 heavy (non-hydrogen) atoms. The molecule has 2 N–H and O–H groups in total. The molecule has 1 aliphatic rings. The standard InChI is InChI=1S/C13H27NO2/c1-3-16-12(2)10-14-11-13(15)8-6-4-5-7-9-13/h12,14-15H,3-11H2,1-2H3. The highest BCUT2D eigenvalue weighted by Crippen LogP contribution is 2.26. The smallest absolute Gasteiger partial charge is 0.0771 e. The molecule has 0 aliphatic heterocycles. The van der Waals surface area contributed by atoms with E-state index >= 15 is 0 Å². The van der Waals surface area contributed by atoms with E-state index in [4.69, 9.17) is 4.74 Å². The number of ether oxygens (including phenoxy) is 1. The molecule has 96 valence electrons. The van der Waals surface area contributed by atoms with Crippen LogP contribution in [0.3, 0.4) is 0 Å². The van der Waals surface area contributed by atoms with Crippen LogP contribution in [0.15, 0.2) is 0 Å². The van der Waals surface area contributed by atoms with Gasteiger partial charge in [-0.1, -0.05) is 25.7 Å². The molecule has 0 radical (unpaired) electrons. The van der Waals surface area contributed by atoms with Gasteiger partial charge >= 0.3 is 0 Å². The zero-order valence-corrected chi connectivity index (χ0v) is 10.8. The number of hydrogen-bond acceptors (Lipinski definition) is 3. The Balaban J connectivity index is 2.19. The summed E-state index contributed by atoms with van der Waals surface area (Å²) in [6, 6.07) is 0. The zero-order valence-electron chi connectivity index (χ0n) is 10.8. The minimum absolute atomic E-state index is 0.236. The van der Waals surface area contributed by atoms with Crippen molar-refractivity contribution in [3.63, 3.8) is 0 Å². The molecule has 1 aliphatic carbocycles. The minimum Gasteiger partial charge on any atom is -0.389 e. The topological polar surface area (TPSA) is 41.5 Å². The molecule has 3 heteroatoms. The van der Waals surface area contributed by atoms with Crippen molar-refractivity contribution >= 4 is 0 Å². The second-order valence-corrected chi connectivity index (χ2v) is 5.04. The fourth-order valence-electron chi connectivity index (χ4n) is 2.41. The van der Waals surface area contributed by atoms with Gasteiger partial charge in [0.15, 0.2) is 0 Å². The van der Waals surface area contributed by atoms with Gasteiger partial charge in [0.2, 0.25) is 0 Å². The summed E-state index contributed by atoms with van der Waals surface area (Å²) in [5.41, 5.74) is -0.470. The van der Waals surface area contributed by atoms with Crippen molar-refractivity contribution in [2.45, 2.75) is 64.1 Å². The Kier molecular flexibility index (Phi) is 6.32. The van der Waals surface area contributed by atoms with Crippen molar-refractivity contribution < 1.29 is 9.84 Å². The monoisotopic (exact) mass is 229 g/mol. The average Bonchev–Trinajstić information content (AvgIpc) is 2.44. The molecule has 0 amide bonds. The first-order chi connectivity index (χ1) is 7.66. The van der Waals surface area contributed by atoms with Crippen molar-refractivity contribution in [1.82, 2.24) is 5.32 Å². The fraction of sp³-hybridized carbons (Fsp3) is 1.00. The summed E-state index contributed by atoms with van der Waals surface area (Å²) in [6.45, 7) is 6.37. The molecule has 0 bridgehead atoms. The van der Waals surface area contributed by atoms with E-state index in [1.807, 2.05) is 6.92 Å². The lowest BCUT2D eigenvalue weighted by Crippen LogP contribution is -2.42. The first-order valence-electron chi connectivity index (χ1n) is 6.71. The summed E-state index contributed by atoms with van der Waals surface area (Å²) in [5.74, 6) is 0. The highest BCUT2D eigenvalue weighted by molar-refractivity contribution is 4.83. The number of rotatable bonds is 6. The molecular formula is C13H27NO2. The average molecular weight is 229 g/mol. The summed E-state index contributed by atoms with van der Waals surface area (Å²) >= 11 is 0. The van der Waals surface area contributed by atoms with E-state index in [1.54, 1.807) is 0 Å². The van der Waals surface area contributed by atoms with Gasteiger partial charge in [-0.2, -0.15) is 0 Å². The van der Waals surface area contributed by atoms with Crippen LogP contribution < -0.4 is 5.32 Å². The van der Waals surface area contributed by atoms with Crippen LogP contribution in [0.4, 0.5) is 0 Å². The molecule has 1 fully saturated rings. The van der Waals surface area contributed by atoms with E-state index in [0.29, 0.717) is 6.54 Å². The van der Waals surface area contributed by atoms with Gasteiger partial charge in [-0.25, -0.2) is 0 Å². The van der Waals surface area contributed by atoms with E-state index in [1.165, 1.54) is 25.7 Å². The third kappa shape index (κ3) is 5.28. The molecule has 0 aromatic heterocycles. The SMILES string of the molecule is CCOC(C)CNCC1(O)CCCCCC1. The first-order valence-corrected chi connectivity index (χ1v) is 6.71. The van der Waals surface area contributed by atoms with Crippen LogP contribution in [0.5, 0.6) is 0 Å². The Labute approximate surface area is 99.6 Å². The molecule has 0 aromatic rings.